The van der Waals surface area contributed by atoms with Crippen molar-refractivity contribution in [1.29, 1.82) is 0 Å². The summed E-state index contributed by atoms with van der Waals surface area (Å²) in [4.78, 5) is 13.7. The molecular weight excluding hydrogens is 388 g/mol. The van der Waals surface area contributed by atoms with Crippen LogP contribution in [0.25, 0.3) is 0 Å². The first kappa shape index (κ1) is 21.0. The third kappa shape index (κ3) is 5.62. The van der Waals surface area contributed by atoms with E-state index in [4.69, 9.17) is 14.0 Å². The number of carbonyl (C=O) groups is 1. The molecule has 0 aliphatic heterocycles. The summed E-state index contributed by atoms with van der Waals surface area (Å²) in [5, 5.41) is 6.93. The highest BCUT2D eigenvalue weighted by atomic mass is 32.2. The van der Waals surface area contributed by atoms with Gasteiger partial charge in [0.2, 0.25) is 0 Å². The fraction of sp³-hybridized carbons (Fsp3) is 0.273. The summed E-state index contributed by atoms with van der Waals surface area (Å²) in [7, 11) is 1.63. The van der Waals surface area contributed by atoms with E-state index >= 15 is 0 Å². The average Bonchev–Trinajstić information content (AvgIpc) is 3.05. The normalized spacial score (nSPS) is 10.7. The summed E-state index contributed by atoms with van der Waals surface area (Å²) in [5.41, 5.74) is 3.28. The van der Waals surface area contributed by atoms with Gasteiger partial charge in [-0.25, -0.2) is 0 Å². The highest BCUT2D eigenvalue weighted by molar-refractivity contribution is 7.98. The Balaban J connectivity index is 1.65. The van der Waals surface area contributed by atoms with Crippen molar-refractivity contribution in [3.05, 3.63) is 71.1 Å². The number of benzene rings is 2. The summed E-state index contributed by atoms with van der Waals surface area (Å²) in [6.07, 6.45) is 0. The van der Waals surface area contributed by atoms with Crippen molar-refractivity contribution in [1.82, 2.24) is 5.16 Å². The lowest BCUT2D eigenvalue weighted by Gasteiger charge is -2.11. The van der Waals surface area contributed by atoms with Gasteiger partial charge in [-0.3, -0.25) is 4.79 Å². The van der Waals surface area contributed by atoms with Gasteiger partial charge >= 0.3 is 0 Å². The zero-order valence-corrected chi connectivity index (χ0v) is 17.5. The van der Waals surface area contributed by atoms with Gasteiger partial charge in [-0.2, -0.15) is 0 Å². The van der Waals surface area contributed by atoms with Crippen molar-refractivity contribution in [2.75, 3.05) is 25.6 Å². The molecule has 1 aromatic heterocycles. The standard InChI is InChI=1S/C22H24N2O4S/c1-15-20(16(2)28-24-15)14-29-21-7-5-4-6-19(21)22(25)23-17-8-10-18(11-9-17)27-13-12-26-3/h4-11H,12-14H2,1-3H3,(H,23,25). The molecule has 0 radical (unpaired) electrons. The van der Waals surface area contributed by atoms with Crippen LogP contribution in [-0.4, -0.2) is 31.4 Å². The number of methoxy groups -OCH3 is 1. The molecule has 0 bridgehead atoms. The first-order valence-electron chi connectivity index (χ1n) is 9.25. The Bertz CT molecular complexity index is 934. The summed E-state index contributed by atoms with van der Waals surface area (Å²) in [5.74, 6) is 2.08. The third-order valence-corrected chi connectivity index (χ3v) is 5.45. The monoisotopic (exact) mass is 412 g/mol. The van der Waals surface area contributed by atoms with E-state index in [0.29, 0.717) is 30.2 Å². The maximum absolute atomic E-state index is 12.8. The van der Waals surface area contributed by atoms with Gasteiger partial charge < -0.3 is 19.3 Å². The average molecular weight is 413 g/mol. The van der Waals surface area contributed by atoms with Crippen molar-refractivity contribution in [2.45, 2.75) is 24.5 Å². The van der Waals surface area contributed by atoms with Crippen molar-refractivity contribution in [3.8, 4) is 5.75 Å². The fourth-order valence-corrected chi connectivity index (χ4v) is 3.92. The molecular formula is C22H24N2O4S. The smallest absolute Gasteiger partial charge is 0.256 e. The van der Waals surface area contributed by atoms with Gasteiger partial charge in [-0.15, -0.1) is 11.8 Å². The number of nitrogens with one attached hydrogen (secondary N) is 1. The Morgan fingerprint density at radius 2 is 1.86 bits per heavy atom. The number of hydrogen-bond acceptors (Lipinski definition) is 6. The minimum absolute atomic E-state index is 0.153. The molecule has 0 saturated heterocycles. The lowest BCUT2D eigenvalue weighted by Crippen LogP contribution is -2.13. The molecule has 1 N–H and O–H groups in total. The summed E-state index contributed by atoms with van der Waals surface area (Å²) < 4.78 is 15.7. The number of aromatic nitrogens is 1. The lowest BCUT2D eigenvalue weighted by molar-refractivity contribution is 0.102. The largest absolute Gasteiger partial charge is 0.491 e. The van der Waals surface area contributed by atoms with Crippen LogP contribution in [0.4, 0.5) is 5.69 Å². The highest BCUT2D eigenvalue weighted by Crippen LogP contribution is 2.29. The number of amides is 1. The number of nitrogens with zero attached hydrogens (tertiary/aromatic N) is 1. The van der Waals surface area contributed by atoms with Crippen molar-refractivity contribution in [2.24, 2.45) is 0 Å². The molecule has 0 saturated carbocycles. The van der Waals surface area contributed by atoms with Gasteiger partial charge in [0.15, 0.2) is 0 Å². The first-order valence-corrected chi connectivity index (χ1v) is 10.2. The fourth-order valence-electron chi connectivity index (χ4n) is 2.71. The van der Waals surface area contributed by atoms with Gasteiger partial charge in [0, 0.05) is 29.0 Å². The number of anilines is 1. The molecule has 1 heterocycles. The SMILES string of the molecule is COCCOc1ccc(NC(=O)c2ccccc2SCc2c(C)noc2C)cc1. The maximum atomic E-state index is 12.8. The van der Waals surface area contributed by atoms with Gasteiger partial charge in [0.25, 0.3) is 5.91 Å². The minimum atomic E-state index is -0.153. The molecule has 6 nitrogen and oxygen atoms in total. The maximum Gasteiger partial charge on any atom is 0.256 e. The van der Waals surface area contributed by atoms with E-state index in [9.17, 15) is 4.79 Å². The zero-order chi connectivity index (χ0) is 20.6. The molecule has 29 heavy (non-hydrogen) atoms. The Morgan fingerprint density at radius 1 is 1.10 bits per heavy atom. The molecule has 7 heteroatoms. The van der Waals surface area contributed by atoms with E-state index in [0.717, 1.165) is 27.7 Å². The molecule has 1 amide bonds. The van der Waals surface area contributed by atoms with Crippen LogP contribution in [0.5, 0.6) is 5.75 Å². The Labute approximate surface area is 174 Å². The second-order valence-electron chi connectivity index (χ2n) is 6.41. The second kappa shape index (κ2) is 10.1. The van der Waals surface area contributed by atoms with Crippen LogP contribution in [0.3, 0.4) is 0 Å². The summed E-state index contributed by atoms with van der Waals surface area (Å²) >= 11 is 1.59. The van der Waals surface area contributed by atoms with E-state index in [1.54, 1.807) is 18.9 Å². The third-order valence-electron chi connectivity index (χ3n) is 4.35. The van der Waals surface area contributed by atoms with E-state index in [2.05, 4.69) is 10.5 Å². The molecule has 0 aliphatic carbocycles. The number of aryl methyl sites for hydroxylation is 2. The second-order valence-corrected chi connectivity index (χ2v) is 7.42. The van der Waals surface area contributed by atoms with E-state index in [-0.39, 0.29) is 5.91 Å². The number of thioether (sulfide) groups is 1. The highest BCUT2D eigenvalue weighted by Gasteiger charge is 2.14. The zero-order valence-electron chi connectivity index (χ0n) is 16.7. The van der Waals surface area contributed by atoms with Gasteiger partial charge in [0.1, 0.15) is 18.1 Å². The van der Waals surface area contributed by atoms with Crippen molar-refractivity contribution >= 4 is 23.4 Å². The van der Waals surface area contributed by atoms with Gasteiger partial charge in [0.05, 0.1) is 17.9 Å². The molecule has 0 atom stereocenters. The molecule has 0 spiro atoms. The summed E-state index contributed by atoms with van der Waals surface area (Å²) in [6.45, 7) is 4.84. The van der Waals surface area contributed by atoms with Crippen LogP contribution in [0.2, 0.25) is 0 Å². The minimum Gasteiger partial charge on any atom is -0.491 e. The predicted octanol–water partition coefficient (Wildman–Crippen LogP) is 4.86. The lowest BCUT2D eigenvalue weighted by atomic mass is 10.2. The van der Waals surface area contributed by atoms with Gasteiger partial charge in [-0.05, 0) is 50.2 Å². The first-order chi connectivity index (χ1) is 14.1. The molecule has 0 aliphatic rings. The van der Waals surface area contributed by atoms with Crippen molar-refractivity contribution < 1.29 is 18.8 Å². The summed E-state index contributed by atoms with van der Waals surface area (Å²) in [6, 6.07) is 14.9. The Hall–Kier alpha value is -2.77. The molecule has 0 fully saturated rings. The van der Waals surface area contributed by atoms with Gasteiger partial charge in [-0.1, -0.05) is 17.3 Å². The number of carbonyl (C=O) groups excluding carboxylic acids is 1. The molecule has 2 aromatic carbocycles. The molecule has 3 rings (SSSR count). The topological polar surface area (TPSA) is 73.6 Å². The van der Waals surface area contributed by atoms with Crippen LogP contribution >= 0.6 is 11.8 Å². The molecule has 3 aromatic rings. The van der Waals surface area contributed by atoms with Crippen LogP contribution in [0.1, 0.15) is 27.4 Å². The molecule has 0 unspecified atom stereocenters. The van der Waals surface area contributed by atoms with E-state index < -0.39 is 0 Å². The number of hydrogen-bond donors (Lipinski definition) is 1. The number of ether oxygens (including phenoxy) is 2. The van der Waals surface area contributed by atoms with Crippen LogP contribution < -0.4 is 10.1 Å². The van der Waals surface area contributed by atoms with Crippen LogP contribution in [-0.2, 0) is 10.5 Å². The van der Waals surface area contributed by atoms with Crippen LogP contribution in [0.15, 0.2) is 57.9 Å². The van der Waals surface area contributed by atoms with Crippen LogP contribution in [0, 0.1) is 13.8 Å². The Morgan fingerprint density at radius 3 is 2.55 bits per heavy atom. The Kier molecular flexibility index (Phi) is 7.32. The van der Waals surface area contributed by atoms with E-state index in [1.807, 2.05) is 62.4 Å². The quantitative estimate of drug-likeness (QED) is 0.400. The molecule has 152 valence electrons. The van der Waals surface area contributed by atoms with Crippen molar-refractivity contribution in [3.63, 3.8) is 0 Å². The van der Waals surface area contributed by atoms with E-state index in [1.165, 1.54) is 0 Å². The number of rotatable bonds is 9. The predicted molar refractivity (Wildman–Crippen MR) is 114 cm³/mol.